The van der Waals surface area contributed by atoms with Crippen molar-refractivity contribution in [3.63, 3.8) is 0 Å². The molecule has 1 aromatic rings. The van der Waals surface area contributed by atoms with Crippen LogP contribution < -0.4 is 5.32 Å². The first kappa shape index (κ1) is 17.7. The molecule has 1 aromatic carbocycles. The largest absolute Gasteiger partial charge is 0.393 e. The Bertz CT molecular complexity index is 574. The molecule has 2 atom stereocenters. The first-order valence-electron chi connectivity index (χ1n) is 7.58. The smallest absolute Gasteiger partial charge is 0.256 e. The molecule has 0 saturated carbocycles. The van der Waals surface area contributed by atoms with Crippen molar-refractivity contribution in [2.45, 2.75) is 25.9 Å². The highest BCUT2D eigenvalue weighted by Gasteiger charge is 2.26. The Labute approximate surface area is 139 Å². The molecule has 2 rings (SSSR count). The van der Waals surface area contributed by atoms with Crippen LogP contribution in [0.15, 0.2) is 18.2 Å². The quantitative estimate of drug-likeness (QED) is 0.877. The van der Waals surface area contributed by atoms with E-state index in [9.17, 15) is 19.1 Å². The van der Waals surface area contributed by atoms with E-state index >= 15 is 0 Å². The number of hydrogen-bond acceptors (Lipinski definition) is 3. The van der Waals surface area contributed by atoms with Crippen LogP contribution >= 0.6 is 11.6 Å². The van der Waals surface area contributed by atoms with Gasteiger partial charge < -0.3 is 15.3 Å². The van der Waals surface area contributed by atoms with Crippen molar-refractivity contribution in [2.24, 2.45) is 5.92 Å². The van der Waals surface area contributed by atoms with Crippen LogP contribution in [0.5, 0.6) is 0 Å². The average Bonchev–Trinajstić information content (AvgIpc) is 2.52. The van der Waals surface area contributed by atoms with Gasteiger partial charge in [0.25, 0.3) is 5.91 Å². The topological polar surface area (TPSA) is 69.6 Å². The molecular weight excluding hydrogens is 323 g/mol. The number of carbonyl (C=O) groups is 2. The van der Waals surface area contributed by atoms with Crippen molar-refractivity contribution in [2.75, 3.05) is 19.6 Å². The Morgan fingerprint density at radius 2 is 2.26 bits per heavy atom. The van der Waals surface area contributed by atoms with Gasteiger partial charge in [-0.3, -0.25) is 9.59 Å². The normalized spacial score (nSPS) is 19.3. The Hall–Kier alpha value is -1.66. The molecule has 1 heterocycles. The highest BCUT2D eigenvalue weighted by atomic mass is 35.5. The van der Waals surface area contributed by atoms with Crippen molar-refractivity contribution in [1.29, 1.82) is 0 Å². The number of hydrogen-bond donors (Lipinski definition) is 2. The van der Waals surface area contributed by atoms with E-state index in [1.54, 1.807) is 11.8 Å². The number of rotatable bonds is 4. The van der Waals surface area contributed by atoms with E-state index in [-0.39, 0.29) is 29.0 Å². The molecule has 7 heteroatoms. The van der Waals surface area contributed by atoms with E-state index in [0.29, 0.717) is 13.1 Å². The zero-order chi connectivity index (χ0) is 17.0. The van der Waals surface area contributed by atoms with Crippen LogP contribution in [0.4, 0.5) is 4.39 Å². The Kier molecular flexibility index (Phi) is 5.96. The average molecular weight is 343 g/mol. The molecule has 1 aliphatic rings. The third kappa shape index (κ3) is 4.42. The highest BCUT2D eigenvalue weighted by Crippen LogP contribution is 2.20. The Morgan fingerprint density at radius 3 is 2.91 bits per heavy atom. The Morgan fingerprint density at radius 1 is 1.52 bits per heavy atom. The molecule has 0 radical (unpaired) electrons. The van der Waals surface area contributed by atoms with Gasteiger partial charge in [0, 0.05) is 19.0 Å². The fourth-order valence-electron chi connectivity index (χ4n) is 2.70. The number of aliphatic hydroxyl groups excluding tert-OH is 1. The third-order valence-electron chi connectivity index (χ3n) is 4.08. The summed E-state index contributed by atoms with van der Waals surface area (Å²) >= 11 is 5.82. The lowest BCUT2D eigenvalue weighted by atomic mass is 9.93. The summed E-state index contributed by atoms with van der Waals surface area (Å²) in [5, 5.41) is 12.0. The van der Waals surface area contributed by atoms with E-state index in [1.807, 2.05) is 0 Å². The number of nitrogens with zero attached hydrogens (tertiary/aromatic N) is 1. The molecule has 0 aromatic heterocycles. The first-order valence-corrected chi connectivity index (χ1v) is 7.96. The van der Waals surface area contributed by atoms with Crippen molar-refractivity contribution in [3.05, 3.63) is 34.6 Å². The lowest BCUT2D eigenvalue weighted by Gasteiger charge is -2.34. The predicted octanol–water partition coefficient (Wildman–Crippen LogP) is 1.83. The van der Waals surface area contributed by atoms with Gasteiger partial charge in [0.05, 0.1) is 23.2 Å². The number of aliphatic hydroxyl groups is 1. The third-order valence-corrected chi connectivity index (χ3v) is 4.40. The van der Waals surface area contributed by atoms with Gasteiger partial charge in [-0.25, -0.2) is 4.39 Å². The summed E-state index contributed by atoms with van der Waals surface area (Å²) in [6.07, 6.45) is 1.21. The van der Waals surface area contributed by atoms with Crippen LogP contribution in [0, 0.1) is 11.7 Å². The van der Waals surface area contributed by atoms with Crippen LogP contribution in [0.25, 0.3) is 0 Å². The summed E-state index contributed by atoms with van der Waals surface area (Å²) in [5.74, 6) is -1.65. The molecule has 1 saturated heterocycles. The molecule has 2 amide bonds. The van der Waals surface area contributed by atoms with Gasteiger partial charge in [0.1, 0.15) is 5.82 Å². The second kappa shape index (κ2) is 7.75. The van der Waals surface area contributed by atoms with Crippen LogP contribution in [-0.2, 0) is 4.79 Å². The van der Waals surface area contributed by atoms with Crippen LogP contribution in [0.2, 0.25) is 5.02 Å². The van der Waals surface area contributed by atoms with Crippen molar-refractivity contribution in [3.8, 4) is 0 Å². The summed E-state index contributed by atoms with van der Waals surface area (Å²) in [6.45, 7) is 2.54. The number of nitrogens with one attached hydrogen (secondary N) is 1. The molecule has 126 valence electrons. The van der Waals surface area contributed by atoms with Crippen LogP contribution in [-0.4, -0.2) is 47.6 Å². The molecule has 5 nitrogen and oxygen atoms in total. The van der Waals surface area contributed by atoms with Gasteiger partial charge >= 0.3 is 0 Å². The fraction of sp³-hybridized carbons (Fsp3) is 0.500. The number of carbonyl (C=O) groups excluding carboxylic acids is 2. The van der Waals surface area contributed by atoms with E-state index in [2.05, 4.69) is 5.32 Å². The zero-order valence-electron chi connectivity index (χ0n) is 12.9. The molecule has 2 unspecified atom stereocenters. The molecule has 1 aliphatic heterocycles. The lowest BCUT2D eigenvalue weighted by Crippen LogP contribution is -2.47. The molecule has 0 aliphatic carbocycles. The van der Waals surface area contributed by atoms with E-state index in [4.69, 9.17) is 11.6 Å². The van der Waals surface area contributed by atoms with Crippen LogP contribution in [0.3, 0.4) is 0 Å². The maximum absolute atomic E-state index is 13.7. The maximum Gasteiger partial charge on any atom is 0.256 e. The predicted molar refractivity (Wildman–Crippen MR) is 84.7 cm³/mol. The fourth-order valence-corrected chi connectivity index (χ4v) is 2.95. The number of benzene rings is 1. The molecule has 0 spiro atoms. The standard InChI is InChI=1S/C16H20ClFN2O3/c1-10(21)11-4-3-7-20(9-11)14(22)8-19-16(23)15-12(17)5-2-6-13(15)18/h2,5-6,10-11,21H,3-4,7-9H2,1H3,(H,19,23). The van der Waals surface area contributed by atoms with Gasteiger partial charge in [-0.05, 0) is 31.9 Å². The zero-order valence-corrected chi connectivity index (χ0v) is 13.6. The maximum atomic E-state index is 13.7. The first-order chi connectivity index (χ1) is 10.9. The van der Waals surface area contributed by atoms with E-state index in [1.165, 1.54) is 12.1 Å². The number of amides is 2. The number of halogens is 2. The Balaban J connectivity index is 1.92. The van der Waals surface area contributed by atoms with Gasteiger partial charge in [0.15, 0.2) is 0 Å². The minimum absolute atomic E-state index is 0.00194. The molecular formula is C16H20ClFN2O3. The summed E-state index contributed by atoms with van der Waals surface area (Å²) in [6, 6.07) is 3.96. The second-order valence-electron chi connectivity index (χ2n) is 5.76. The summed E-state index contributed by atoms with van der Waals surface area (Å²) in [4.78, 5) is 25.8. The molecule has 23 heavy (non-hydrogen) atoms. The molecule has 0 bridgehead atoms. The van der Waals surface area contributed by atoms with E-state index < -0.39 is 17.8 Å². The van der Waals surface area contributed by atoms with Gasteiger partial charge in [0.2, 0.25) is 5.91 Å². The van der Waals surface area contributed by atoms with Crippen molar-refractivity contribution in [1.82, 2.24) is 10.2 Å². The minimum atomic E-state index is -0.727. The van der Waals surface area contributed by atoms with Crippen molar-refractivity contribution >= 4 is 23.4 Å². The molecule has 1 fully saturated rings. The monoisotopic (exact) mass is 342 g/mol. The van der Waals surface area contributed by atoms with Gasteiger partial charge in [-0.15, -0.1) is 0 Å². The van der Waals surface area contributed by atoms with Crippen LogP contribution in [0.1, 0.15) is 30.1 Å². The van der Waals surface area contributed by atoms with Crippen molar-refractivity contribution < 1.29 is 19.1 Å². The summed E-state index contributed by atoms with van der Waals surface area (Å²) < 4.78 is 13.7. The SMILES string of the molecule is CC(O)C1CCCN(C(=O)CNC(=O)c2c(F)cccc2Cl)C1. The number of piperidine rings is 1. The minimum Gasteiger partial charge on any atom is -0.393 e. The highest BCUT2D eigenvalue weighted by molar-refractivity contribution is 6.33. The molecule has 2 N–H and O–H groups in total. The summed E-state index contributed by atoms with van der Waals surface area (Å²) in [5.41, 5.74) is -0.262. The van der Waals surface area contributed by atoms with Gasteiger partial charge in [-0.1, -0.05) is 17.7 Å². The van der Waals surface area contributed by atoms with E-state index in [0.717, 1.165) is 18.9 Å². The number of likely N-dealkylation sites (tertiary alicyclic amines) is 1. The lowest BCUT2D eigenvalue weighted by molar-refractivity contribution is -0.132. The summed E-state index contributed by atoms with van der Waals surface area (Å²) in [7, 11) is 0. The van der Waals surface area contributed by atoms with Gasteiger partial charge in [-0.2, -0.15) is 0 Å². The second-order valence-corrected chi connectivity index (χ2v) is 6.17.